The lowest BCUT2D eigenvalue weighted by atomic mass is 10.2. The van der Waals surface area contributed by atoms with Crippen LogP contribution in [0.1, 0.15) is 17.7 Å². The number of aryl methyl sites for hydroxylation is 1. The van der Waals surface area contributed by atoms with Crippen LogP contribution in [0.25, 0.3) is 0 Å². The van der Waals surface area contributed by atoms with Gasteiger partial charge in [0, 0.05) is 41.5 Å². The maximum Gasteiger partial charge on any atom is 0.266 e. The number of aromatic nitrogens is 3. The summed E-state index contributed by atoms with van der Waals surface area (Å²) in [6, 6.07) is 10.8. The topological polar surface area (TPSA) is 76.9 Å². The van der Waals surface area contributed by atoms with E-state index in [1.165, 1.54) is 22.1 Å². The molecule has 3 rings (SSSR count). The molecule has 1 aromatic carbocycles. The molecule has 3 aromatic rings. The fraction of sp³-hybridized carbons (Fsp3) is 0.263. The smallest absolute Gasteiger partial charge is 0.266 e. The molecule has 2 aromatic heterocycles. The van der Waals surface area contributed by atoms with E-state index in [2.05, 4.69) is 15.4 Å². The molecule has 0 radical (unpaired) electrons. The summed E-state index contributed by atoms with van der Waals surface area (Å²) in [5.74, 6) is 0.706. The molecule has 146 valence electrons. The number of nitrogens with zero attached hydrogens (tertiary/aromatic N) is 3. The SMILES string of the molecule is O=C(Cc1csc(SCc2cccc(Cl)c2)n1)NCCCn1ncccc1=O. The van der Waals surface area contributed by atoms with E-state index in [1.807, 2.05) is 29.6 Å². The minimum Gasteiger partial charge on any atom is -0.356 e. The van der Waals surface area contributed by atoms with E-state index < -0.39 is 0 Å². The van der Waals surface area contributed by atoms with Crippen molar-refractivity contribution < 1.29 is 4.79 Å². The molecule has 6 nitrogen and oxygen atoms in total. The van der Waals surface area contributed by atoms with Crippen molar-refractivity contribution >= 4 is 40.6 Å². The summed E-state index contributed by atoms with van der Waals surface area (Å²) in [6.07, 6.45) is 2.46. The van der Waals surface area contributed by atoms with Gasteiger partial charge in [0.15, 0.2) is 0 Å². The maximum atomic E-state index is 12.1. The van der Waals surface area contributed by atoms with Crippen molar-refractivity contribution in [2.24, 2.45) is 0 Å². The van der Waals surface area contributed by atoms with Crippen molar-refractivity contribution in [1.82, 2.24) is 20.1 Å². The summed E-state index contributed by atoms with van der Waals surface area (Å²) in [7, 11) is 0. The van der Waals surface area contributed by atoms with Crippen LogP contribution in [-0.4, -0.2) is 27.2 Å². The zero-order chi connectivity index (χ0) is 19.8. The monoisotopic (exact) mass is 434 g/mol. The molecular weight excluding hydrogens is 416 g/mol. The zero-order valence-electron chi connectivity index (χ0n) is 15.0. The molecule has 0 saturated heterocycles. The Morgan fingerprint density at radius 1 is 1.29 bits per heavy atom. The molecule has 0 spiro atoms. The van der Waals surface area contributed by atoms with Gasteiger partial charge in [-0.05, 0) is 30.2 Å². The number of carbonyl (C=O) groups is 1. The number of hydrogen-bond donors (Lipinski definition) is 1. The molecule has 0 aliphatic heterocycles. The molecule has 0 unspecified atom stereocenters. The van der Waals surface area contributed by atoms with Crippen LogP contribution in [0.4, 0.5) is 0 Å². The van der Waals surface area contributed by atoms with Gasteiger partial charge in [0.2, 0.25) is 5.91 Å². The molecule has 28 heavy (non-hydrogen) atoms. The summed E-state index contributed by atoms with van der Waals surface area (Å²) in [5, 5.41) is 9.47. The predicted octanol–water partition coefficient (Wildman–Crippen LogP) is 3.39. The number of halogens is 1. The maximum absolute atomic E-state index is 12.1. The Hall–Kier alpha value is -2.16. The minimum absolute atomic E-state index is 0.0786. The van der Waals surface area contributed by atoms with Crippen molar-refractivity contribution in [2.75, 3.05) is 6.54 Å². The lowest BCUT2D eigenvalue weighted by molar-refractivity contribution is -0.120. The van der Waals surface area contributed by atoms with Gasteiger partial charge in [-0.2, -0.15) is 5.10 Å². The van der Waals surface area contributed by atoms with Gasteiger partial charge in [0.1, 0.15) is 4.34 Å². The number of rotatable bonds is 9. The first-order valence-electron chi connectivity index (χ1n) is 8.70. The average molecular weight is 435 g/mol. The summed E-state index contributed by atoms with van der Waals surface area (Å²) in [5.41, 5.74) is 1.76. The third kappa shape index (κ3) is 6.47. The fourth-order valence-corrected chi connectivity index (χ4v) is 4.45. The lowest BCUT2D eigenvalue weighted by Gasteiger charge is -2.05. The molecule has 9 heteroatoms. The van der Waals surface area contributed by atoms with Crippen molar-refractivity contribution in [2.45, 2.75) is 29.5 Å². The number of thioether (sulfide) groups is 1. The van der Waals surface area contributed by atoms with Crippen molar-refractivity contribution in [3.05, 3.63) is 74.6 Å². The van der Waals surface area contributed by atoms with Crippen molar-refractivity contribution in [1.29, 1.82) is 0 Å². The van der Waals surface area contributed by atoms with Gasteiger partial charge in [-0.15, -0.1) is 11.3 Å². The van der Waals surface area contributed by atoms with Crippen molar-refractivity contribution in [3.8, 4) is 0 Å². The van der Waals surface area contributed by atoms with Gasteiger partial charge in [0.25, 0.3) is 5.56 Å². The van der Waals surface area contributed by atoms with Gasteiger partial charge in [-0.3, -0.25) is 9.59 Å². The zero-order valence-corrected chi connectivity index (χ0v) is 17.4. The van der Waals surface area contributed by atoms with Crippen LogP contribution in [0.2, 0.25) is 5.02 Å². The van der Waals surface area contributed by atoms with Crippen LogP contribution < -0.4 is 10.9 Å². The number of thiazole rings is 1. The van der Waals surface area contributed by atoms with Gasteiger partial charge in [-0.1, -0.05) is 35.5 Å². The average Bonchev–Trinajstić information content (AvgIpc) is 3.12. The highest BCUT2D eigenvalue weighted by Crippen LogP contribution is 2.27. The first-order valence-corrected chi connectivity index (χ1v) is 10.9. The molecule has 0 atom stereocenters. The molecule has 2 heterocycles. The van der Waals surface area contributed by atoms with E-state index in [4.69, 9.17) is 11.6 Å². The Kier molecular flexibility index (Phi) is 7.64. The second-order valence-corrected chi connectivity index (χ2v) is 8.51. The van der Waals surface area contributed by atoms with E-state index in [1.54, 1.807) is 24.0 Å². The van der Waals surface area contributed by atoms with E-state index >= 15 is 0 Å². The van der Waals surface area contributed by atoms with Gasteiger partial charge in [-0.25, -0.2) is 9.67 Å². The molecular formula is C19H19ClN4O2S2. The highest BCUT2D eigenvalue weighted by Gasteiger charge is 2.08. The quantitative estimate of drug-likeness (QED) is 0.412. The molecule has 0 fully saturated rings. The second-order valence-electron chi connectivity index (χ2n) is 5.99. The normalized spacial score (nSPS) is 10.8. The molecule has 0 saturated carbocycles. The highest BCUT2D eigenvalue weighted by atomic mass is 35.5. The number of hydrogen-bond acceptors (Lipinski definition) is 6. The largest absolute Gasteiger partial charge is 0.356 e. The molecule has 1 amide bonds. The van der Waals surface area contributed by atoms with Gasteiger partial charge in [0.05, 0.1) is 12.1 Å². The molecule has 0 bridgehead atoms. The van der Waals surface area contributed by atoms with E-state index in [0.717, 1.165) is 26.4 Å². The molecule has 1 N–H and O–H groups in total. The fourth-order valence-electron chi connectivity index (χ4n) is 2.45. The number of nitrogens with one attached hydrogen (secondary N) is 1. The van der Waals surface area contributed by atoms with Gasteiger partial charge < -0.3 is 5.32 Å². The third-order valence-electron chi connectivity index (χ3n) is 3.78. The Balaban J connectivity index is 1.38. The Bertz CT molecular complexity index is 990. The number of benzene rings is 1. The van der Waals surface area contributed by atoms with E-state index in [9.17, 15) is 9.59 Å². The summed E-state index contributed by atoms with van der Waals surface area (Å²) < 4.78 is 2.31. The van der Waals surface area contributed by atoms with E-state index in [0.29, 0.717) is 19.5 Å². The van der Waals surface area contributed by atoms with Crippen LogP contribution in [0, 0.1) is 0 Å². The highest BCUT2D eigenvalue weighted by molar-refractivity contribution is 8.00. The van der Waals surface area contributed by atoms with Crippen molar-refractivity contribution in [3.63, 3.8) is 0 Å². The Morgan fingerprint density at radius 3 is 3.00 bits per heavy atom. The number of amides is 1. The molecule has 0 aliphatic rings. The Morgan fingerprint density at radius 2 is 2.18 bits per heavy atom. The molecule has 0 aliphatic carbocycles. The Labute approximate surface area is 176 Å². The van der Waals surface area contributed by atoms with E-state index in [-0.39, 0.29) is 17.9 Å². The summed E-state index contributed by atoms with van der Waals surface area (Å²) >= 11 is 9.16. The lowest BCUT2D eigenvalue weighted by Crippen LogP contribution is -2.28. The number of carbonyl (C=O) groups excluding carboxylic acids is 1. The van der Waals surface area contributed by atoms with Gasteiger partial charge >= 0.3 is 0 Å². The summed E-state index contributed by atoms with van der Waals surface area (Å²) in [6.45, 7) is 0.962. The summed E-state index contributed by atoms with van der Waals surface area (Å²) in [4.78, 5) is 28.1. The van der Waals surface area contributed by atoms with Crippen LogP contribution in [-0.2, 0) is 23.5 Å². The first-order chi connectivity index (χ1) is 13.6. The first kappa shape index (κ1) is 20.6. The van der Waals surface area contributed by atoms with Crippen LogP contribution in [0.3, 0.4) is 0 Å². The minimum atomic E-state index is -0.140. The van der Waals surface area contributed by atoms with Crippen LogP contribution in [0.15, 0.2) is 57.1 Å². The van der Waals surface area contributed by atoms with Crippen LogP contribution >= 0.6 is 34.7 Å². The third-order valence-corrected chi connectivity index (χ3v) is 6.15. The second kappa shape index (κ2) is 10.4. The standard InChI is InChI=1S/C19H19ClN4O2S2/c20-15-5-1-4-14(10-15)12-27-19-23-16(13-28-19)11-17(25)21-7-3-9-24-18(26)6-2-8-22-24/h1-2,4-6,8,10,13H,3,7,9,11-12H2,(H,21,25). The predicted molar refractivity (Wildman–Crippen MR) is 113 cm³/mol. The van der Waals surface area contributed by atoms with Crippen LogP contribution in [0.5, 0.6) is 0 Å².